The second-order valence-corrected chi connectivity index (χ2v) is 5.62. The van der Waals surface area contributed by atoms with Crippen molar-refractivity contribution in [2.24, 2.45) is 17.4 Å². The number of carbonyl (C=O) groups is 2. The molecule has 0 radical (unpaired) electrons. The molecular weight excluding hydrogens is 304 g/mol. The fraction of sp³-hybridized carbons (Fsp3) is 0.333. The first-order valence-electron chi connectivity index (χ1n) is 7.06. The molecule has 0 spiro atoms. The number of halogens is 1. The molecule has 6 nitrogen and oxygen atoms in total. The van der Waals surface area contributed by atoms with E-state index in [1.165, 1.54) is 0 Å². The second-order valence-electron chi connectivity index (χ2n) is 5.21. The fourth-order valence-corrected chi connectivity index (χ4v) is 2.25. The van der Waals surface area contributed by atoms with Gasteiger partial charge in [0.15, 0.2) is 0 Å². The lowest BCUT2D eigenvalue weighted by Gasteiger charge is -2.25. The van der Waals surface area contributed by atoms with Crippen LogP contribution in [0.3, 0.4) is 0 Å². The van der Waals surface area contributed by atoms with Crippen molar-refractivity contribution in [3.05, 3.63) is 46.4 Å². The van der Waals surface area contributed by atoms with Gasteiger partial charge in [-0.05, 0) is 24.5 Å². The predicted octanol–water partition coefficient (Wildman–Crippen LogP) is 0.959. The van der Waals surface area contributed by atoms with Gasteiger partial charge < -0.3 is 22.1 Å². The molecular formula is C15H19ClN4O2. The first-order valence-corrected chi connectivity index (χ1v) is 7.44. The van der Waals surface area contributed by atoms with Crippen LogP contribution in [0.5, 0.6) is 0 Å². The molecule has 1 aromatic rings. The minimum atomic E-state index is -0.796. The highest BCUT2D eigenvalue weighted by Crippen LogP contribution is 2.26. The highest BCUT2D eigenvalue weighted by molar-refractivity contribution is 6.31. The van der Waals surface area contributed by atoms with Crippen molar-refractivity contribution in [2.45, 2.75) is 25.8 Å². The number of nitrogens with one attached hydrogen (secondary N) is 2. The maximum absolute atomic E-state index is 12.0. The molecule has 0 unspecified atom stereocenters. The van der Waals surface area contributed by atoms with Gasteiger partial charge in [-0.1, -0.05) is 36.2 Å². The van der Waals surface area contributed by atoms with E-state index in [1.54, 1.807) is 6.07 Å². The highest BCUT2D eigenvalue weighted by atomic mass is 35.5. The van der Waals surface area contributed by atoms with Crippen LogP contribution in [0.25, 0.3) is 0 Å². The number of nitrogens with two attached hydrogens (primary N) is 2. The van der Waals surface area contributed by atoms with Crippen LogP contribution in [-0.4, -0.2) is 11.8 Å². The summed E-state index contributed by atoms with van der Waals surface area (Å²) in [5, 5.41) is 6.16. The molecule has 0 aliphatic heterocycles. The monoisotopic (exact) mass is 322 g/mol. The number of rotatable bonds is 6. The van der Waals surface area contributed by atoms with Crippen molar-refractivity contribution in [3.63, 3.8) is 0 Å². The van der Waals surface area contributed by atoms with Gasteiger partial charge in [0.2, 0.25) is 5.91 Å². The third-order valence-electron chi connectivity index (χ3n) is 3.67. The van der Waals surface area contributed by atoms with Crippen molar-refractivity contribution in [1.82, 2.24) is 10.6 Å². The van der Waals surface area contributed by atoms with Crippen molar-refractivity contribution >= 4 is 23.4 Å². The van der Waals surface area contributed by atoms with E-state index in [-0.39, 0.29) is 23.3 Å². The molecule has 0 atom stereocenters. The van der Waals surface area contributed by atoms with Crippen molar-refractivity contribution < 1.29 is 9.59 Å². The molecule has 0 bridgehead atoms. The van der Waals surface area contributed by atoms with Crippen LogP contribution >= 0.6 is 11.6 Å². The summed E-state index contributed by atoms with van der Waals surface area (Å²) in [5.74, 6) is -0.852. The summed E-state index contributed by atoms with van der Waals surface area (Å²) in [4.78, 5) is 23.3. The normalized spacial score (nSPS) is 15.5. The van der Waals surface area contributed by atoms with Gasteiger partial charge >= 0.3 is 0 Å². The number of hydrogen-bond acceptors (Lipinski definition) is 4. The Morgan fingerprint density at radius 2 is 1.91 bits per heavy atom. The van der Waals surface area contributed by atoms with Gasteiger partial charge in [0.05, 0.1) is 0 Å². The van der Waals surface area contributed by atoms with E-state index in [9.17, 15) is 9.59 Å². The van der Waals surface area contributed by atoms with Gasteiger partial charge in [0.25, 0.3) is 5.91 Å². The summed E-state index contributed by atoms with van der Waals surface area (Å²) in [6, 6.07) is 7.25. The molecule has 7 heteroatoms. The average molecular weight is 323 g/mol. The van der Waals surface area contributed by atoms with E-state index in [1.807, 2.05) is 18.2 Å². The smallest absolute Gasteiger partial charge is 0.268 e. The van der Waals surface area contributed by atoms with E-state index in [4.69, 9.17) is 23.1 Å². The summed E-state index contributed by atoms with van der Waals surface area (Å²) in [6.45, 7) is 0.313. The lowest BCUT2D eigenvalue weighted by Crippen LogP contribution is -2.41. The molecule has 0 heterocycles. The third kappa shape index (κ3) is 3.92. The first-order chi connectivity index (χ1) is 10.5. The molecule has 2 rings (SSSR count). The summed E-state index contributed by atoms with van der Waals surface area (Å²) in [7, 11) is 0. The maximum Gasteiger partial charge on any atom is 0.268 e. The molecule has 6 N–H and O–H groups in total. The zero-order valence-electron chi connectivity index (χ0n) is 12.1. The van der Waals surface area contributed by atoms with E-state index in [0.29, 0.717) is 11.6 Å². The van der Waals surface area contributed by atoms with Gasteiger partial charge in [-0.25, -0.2) is 0 Å². The molecule has 1 saturated carbocycles. The average Bonchev–Trinajstić information content (AvgIpc) is 2.42. The Morgan fingerprint density at radius 3 is 2.45 bits per heavy atom. The largest absolute Gasteiger partial charge is 0.391 e. The van der Waals surface area contributed by atoms with Crippen LogP contribution in [0, 0.1) is 5.92 Å². The summed E-state index contributed by atoms with van der Waals surface area (Å²) in [5.41, 5.74) is 11.5. The van der Waals surface area contributed by atoms with E-state index in [0.717, 1.165) is 24.8 Å². The first kappa shape index (κ1) is 16.2. The molecule has 1 aromatic carbocycles. The van der Waals surface area contributed by atoms with E-state index < -0.39 is 5.91 Å². The van der Waals surface area contributed by atoms with Gasteiger partial charge in [-0.15, -0.1) is 0 Å². The number of carbonyl (C=O) groups excluding carboxylic acids is 2. The Bertz CT molecular complexity index is 611. The Labute approximate surface area is 133 Å². The number of hydrogen-bond donors (Lipinski definition) is 4. The Balaban J connectivity index is 2.08. The van der Waals surface area contributed by atoms with Crippen LogP contribution in [-0.2, 0) is 16.1 Å². The minimum absolute atomic E-state index is 0.0298. The predicted molar refractivity (Wildman–Crippen MR) is 84.2 cm³/mol. The van der Waals surface area contributed by atoms with Gasteiger partial charge in [0.1, 0.15) is 11.5 Å². The molecule has 1 aliphatic carbocycles. The van der Waals surface area contributed by atoms with E-state index in [2.05, 4.69) is 10.6 Å². The number of benzene rings is 1. The molecule has 2 amide bonds. The van der Waals surface area contributed by atoms with Gasteiger partial charge in [-0.3, -0.25) is 9.59 Å². The Kier molecular flexibility index (Phi) is 5.27. The van der Waals surface area contributed by atoms with Crippen molar-refractivity contribution in [3.8, 4) is 0 Å². The lowest BCUT2D eigenvalue weighted by atomic mass is 9.85. The second kappa shape index (κ2) is 7.17. The third-order valence-corrected chi connectivity index (χ3v) is 4.04. The molecule has 0 saturated heterocycles. The van der Waals surface area contributed by atoms with Crippen LogP contribution in [0.1, 0.15) is 24.8 Å². The van der Waals surface area contributed by atoms with Crippen molar-refractivity contribution in [2.75, 3.05) is 0 Å². The molecule has 1 aliphatic rings. The number of amides is 2. The zero-order valence-corrected chi connectivity index (χ0v) is 12.8. The van der Waals surface area contributed by atoms with Crippen molar-refractivity contribution in [1.29, 1.82) is 0 Å². The topological polar surface area (TPSA) is 110 Å². The summed E-state index contributed by atoms with van der Waals surface area (Å²) < 4.78 is 0. The summed E-state index contributed by atoms with van der Waals surface area (Å²) in [6.07, 6.45) is 2.73. The van der Waals surface area contributed by atoms with Crippen LogP contribution in [0.2, 0.25) is 5.02 Å². The SMILES string of the molecule is NC(=O)/C(N)=C(/NCc1ccccc1Cl)NC(=O)C1CCC1. The van der Waals surface area contributed by atoms with Crippen LogP contribution in [0.15, 0.2) is 35.8 Å². The highest BCUT2D eigenvalue weighted by Gasteiger charge is 2.26. The maximum atomic E-state index is 12.0. The fourth-order valence-electron chi connectivity index (χ4n) is 2.05. The molecule has 22 heavy (non-hydrogen) atoms. The van der Waals surface area contributed by atoms with Gasteiger partial charge in [0, 0.05) is 17.5 Å². The number of primary amides is 1. The Morgan fingerprint density at radius 1 is 1.23 bits per heavy atom. The van der Waals surface area contributed by atoms with Gasteiger partial charge in [-0.2, -0.15) is 0 Å². The zero-order chi connectivity index (χ0) is 16.1. The molecule has 118 valence electrons. The summed E-state index contributed by atoms with van der Waals surface area (Å²) >= 11 is 6.07. The quantitative estimate of drug-likeness (QED) is 0.585. The minimum Gasteiger partial charge on any atom is -0.391 e. The molecule has 0 aromatic heterocycles. The standard InChI is InChI=1S/C15H19ClN4O2/c16-11-7-2-1-4-10(11)8-19-14(12(17)13(18)21)20-15(22)9-5-3-6-9/h1-2,4,7,9,19H,3,5-6,8,17H2,(H2,18,21)(H,20,22)/b14-12+. The molecule has 1 fully saturated rings. The van der Waals surface area contributed by atoms with Crippen LogP contribution in [0.4, 0.5) is 0 Å². The van der Waals surface area contributed by atoms with Crippen LogP contribution < -0.4 is 22.1 Å². The Hall–Kier alpha value is -2.21. The van der Waals surface area contributed by atoms with E-state index >= 15 is 0 Å². The lowest BCUT2D eigenvalue weighted by molar-refractivity contribution is -0.126.